The van der Waals surface area contributed by atoms with E-state index in [1.165, 1.54) is 4.31 Å². The highest BCUT2D eigenvalue weighted by Gasteiger charge is 2.27. The van der Waals surface area contributed by atoms with E-state index in [4.69, 9.17) is 5.73 Å². The molecule has 1 rings (SSSR count). The van der Waals surface area contributed by atoms with Gasteiger partial charge in [-0.05, 0) is 37.8 Å². The maximum absolute atomic E-state index is 12.8. The normalized spacial score (nSPS) is 12.1. The number of hydrogen-bond acceptors (Lipinski definition) is 3. The molecule has 0 aliphatic rings. The van der Waals surface area contributed by atoms with E-state index in [9.17, 15) is 8.42 Å². The summed E-state index contributed by atoms with van der Waals surface area (Å²) in [7, 11) is -3.50. The number of aryl methyl sites for hydroxylation is 2. The fourth-order valence-corrected chi connectivity index (χ4v) is 4.15. The molecule has 0 aliphatic carbocycles. The molecule has 0 heterocycles. The molecule has 0 spiro atoms. The standard InChI is InChI=1S/C14H24N2O2S/c1-5-9-16(10-6-2)19(17,18)14-12(4)8-7-11(3)13(14)15/h7-8H,5-6,9-10,15H2,1-4H3. The number of benzene rings is 1. The van der Waals surface area contributed by atoms with Crippen molar-refractivity contribution in [2.24, 2.45) is 0 Å². The zero-order chi connectivity index (χ0) is 14.6. The first kappa shape index (κ1) is 16.0. The van der Waals surface area contributed by atoms with Crippen LogP contribution < -0.4 is 5.73 Å². The summed E-state index contributed by atoms with van der Waals surface area (Å²) >= 11 is 0. The number of sulfonamides is 1. The molecule has 0 amide bonds. The first-order valence-electron chi connectivity index (χ1n) is 6.72. The predicted molar refractivity (Wildman–Crippen MR) is 79.7 cm³/mol. The number of hydrogen-bond donors (Lipinski definition) is 1. The highest BCUT2D eigenvalue weighted by Crippen LogP contribution is 2.28. The van der Waals surface area contributed by atoms with Gasteiger partial charge in [0.05, 0.1) is 5.69 Å². The molecule has 4 nitrogen and oxygen atoms in total. The van der Waals surface area contributed by atoms with Crippen molar-refractivity contribution in [2.75, 3.05) is 18.8 Å². The van der Waals surface area contributed by atoms with E-state index < -0.39 is 10.0 Å². The second kappa shape index (κ2) is 6.39. The van der Waals surface area contributed by atoms with Gasteiger partial charge in [0.15, 0.2) is 0 Å². The van der Waals surface area contributed by atoms with E-state index in [-0.39, 0.29) is 4.90 Å². The zero-order valence-electron chi connectivity index (χ0n) is 12.2. The Hall–Kier alpha value is -1.07. The van der Waals surface area contributed by atoms with Crippen molar-refractivity contribution < 1.29 is 8.42 Å². The maximum Gasteiger partial charge on any atom is 0.245 e. The third kappa shape index (κ3) is 3.28. The Balaban J connectivity index is 3.37. The number of anilines is 1. The fraction of sp³-hybridized carbons (Fsp3) is 0.571. The smallest absolute Gasteiger partial charge is 0.245 e. The van der Waals surface area contributed by atoms with E-state index in [2.05, 4.69) is 0 Å². The van der Waals surface area contributed by atoms with Crippen molar-refractivity contribution in [1.29, 1.82) is 0 Å². The average molecular weight is 284 g/mol. The van der Waals surface area contributed by atoms with Crippen LogP contribution in [0, 0.1) is 13.8 Å². The lowest BCUT2D eigenvalue weighted by Gasteiger charge is -2.23. The molecule has 1 aromatic rings. The van der Waals surface area contributed by atoms with Crippen molar-refractivity contribution >= 4 is 15.7 Å². The van der Waals surface area contributed by atoms with Gasteiger partial charge in [-0.15, -0.1) is 0 Å². The third-order valence-electron chi connectivity index (χ3n) is 3.15. The van der Waals surface area contributed by atoms with Crippen LogP contribution in [0.1, 0.15) is 37.8 Å². The van der Waals surface area contributed by atoms with Crippen molar-refractivity contribution in [2.45, 2.75) is 45.4 Å². The molecule has 0 bridgehead atoms. The van der Waals surface area contributed by atoms with Gasteiger partial charge in [-0.25, -0.2) is 8.42 Å². The van der Waals surface area contributed by atoms with Gasteiger partial charge in [0.25, 0.3) is 0 Å². The van der Waals surface area contributed by atoms with Gasteiger partial charge in [0, 0.05) is 13.1 Å². The Labute approximate surface area is 116 Å². The fourth-order valence-electron chi connectivity index (χ4n) is 2.13. The van der Waals surface area contributed by atoms with Crippen molar-refractivity contribution in [3.63, 3.8) is 0 Å². The molecular weight excluding hydrogens is 260 g/mol. The molecule has 5 heteroatoms. The molecule has 0 fully saturated rings. The summed E-state index contributed by atoms with van der Waals surface area (Å²) in [6.07, 6.45) is 1.59. The van der Waals surface area contributed by atoms with E-state index in [1.54, 1.807) is 6.92 Å². The minimum absolute atomic E-state index is 0.273. The summed E-state index contributed by atoms with van der Waals surface area (Å²) in [4.78, 5) is 0.273. The monoisotopic (exact) mass is 284 g/mol. The number of nitrogens with zero attached hydrogens (tertiary/aromatic N) is 1. The van der Waals surface area contributed by atoms with E-state index in [0.29, 0.717) is 24.3 Å². The first-order chi connectivity index (χ1) is 8.86. The van der Waals surface area contributed by atoms with Gasteiger partial charge in [-0.2, -0.15) is 4.31 Å². The Bertz CT molecular complexity index is 533. The van der Waals surface area contributed by atoms with Gasteiger partial charge in [-0.3, -0.25) is 0 Å². The molecule has 0 radical (unpaired) electrons. The largest absolute Gasteiger partial charge is 0.397 e. The molecular formula is C14H24N2O2S. The second-order valence-electron chi connectivity index (χ2n) is 4.85. The quantitative estimate of drug-likeness (QED) is 0.817. The number of nitrogens with two attached hydrogens (primary N) is 1. The van der Waals surface area contributed by atoms with Crippen molar-refractivity contribution in [3.05, 3.63) is 23.3 Å². The third-order valence-corrected chi connectivity index (χ3v) is 5.26. The molecule has 0 aliphatic heterocycles. The van der Waals surface area contributed by atoms with Crippen LogP contribution in [0.5, 0.6) is 0 Å². The summed E-state index contributed by atoms with van der Waals surface area (Å²) in [5, 5.41) is 0. The van der Waals surface area contributed by atoms with Crippen molar-refractivity contribution in [3.8, 4) is 0 Å². The Kier molecular flexibility index (Phi) is 5.38. The summed E-state index contributed by atoms with van der Waals surface area (Å²) in [5.74, 6) is 0. The Morgan fingerprint density at radius 2 is 1.53 bits per heavy atom. The molecule has 2 N–H and O–H groups in total. The minimum atomic E-state index is -3.50. The second-order valence-corrected chi connectivity index (χ2v) is 6.72. The lowest BCUT2D eigenvalue weighted by atomic mass is 10.1. The summed E-state index contributed by atoms with van der Waals surface area (Å²) in [6.45, 7) is 8.64. The topological polar surface area (TPSA) is 63.4 Å². The van der Waals surface area contributed by atoms with Crippen LogP contribution in [-0.4, -0.2) is 25.8 Å². The van der Waals surface area contributed by atoms with Crippen LogP contribution in [-0.2, 0) is 10.0 Å². The van der Waals surface area contributed by atoms with Gasteiger partial charge in [-0.1, -0.05) is 26.0 Å². The van der Waals surface area contributed by atoms with Crippen LogP contribution in [0.4, 0.5) is 5.69 Å². The number of nitrogen functional groups attached to an aromatic ring is 1. The van der Waals surface area contributed by atoms with E-state index in [0.717, 1.165) is 18.4 Å². The molecule has 0 atom stereocenters. The lowest BCUT2D eigenvalue weighted by molar-refractivity contribution is 0.410. The number of rotatable bonds is 6. The highest BCUT2D eigenvalue weighted by molar-refractivity contribution is 7.89. The average Bonchev–Trinajstić information content (AvgIpc) is 2.34. The van der Waals surface area contributed by atoms with Gasteiger partial charge in [0.1, 0.15) is 4.90 Å². The summed E-state index contributed by atoms with van der Waals surface area (Å²) in [6, 6.07) is 3.67. The molecule has 108 valence electrons. The molecule has 1 aromatic carbocycles. The molecule has 0 unspecified atom stereocenters. The highest BCUT2D eigenvalue weighted by atomic mass is 32.2. The molecule has 0 saturated heterocycles. The molecule has 19 heavy (non-hydrogen) atoms. The van der Waals surface area contributed by atoms with Gasteiger partial charge in [0.2, 0.25) is 10.0 Å². The Morgan fingerprint density at radius 3 is 2.00 bits per heavy atom. The van der Waals surface area contributed by atoms with Gasteiger partial charge < -0.3 is 5.73 Å². The molecule has 0 saturated carbocycles. The van der Waals surface area contributed by atoms with Crippen LogP contribution in [0.25, 0.3) is 0 Å². The SMILES string of the molecule is CCCN(CCC)S(=O)(=O)c1c(C)ccc(C)c1N. The van der Waals surface area contributed by atoms with Crippen LogP contribution in [0.3, 0.4) is 0 Å². The Morgan fingerprint density at radius 1 is 1.05 bits per heavy atom. The van der Waals surface area contributed by atoms with Crippen molar-refractivity contribution in [1.82, 2.24) is 4.31 Å². The summed E-state index contributed by atoms with van der Waals surface area (Å²) in [5.41, 5.74) is 7.88. The predicted octanol–water partition coefficient (Wildman–Crippen LogP) is 2.70. The zero-order valence-corrected chi connectivity index (χ0v) is 13.0. The van der Waals surface area contributed by atoms with Crippen LogP contribution >= 0.6 is 0 Å². The molecule has 0 aromatic heterocycles. The maximum atomic E-state index is 12.8. The lowest BCUT2D eigenvalue weighted by Crippen LogP contribution is -2.33. The van der Waals surface area contributed by atoms with Gasteiger partial charge >= 0.3 is 0 Å². The van der Waals surface area contributed by atoms with Crippen LogP contribution in [0.15, 0.2) is 17.0 Å². The van der Waals surface area contributed by atoms with Crippen LogP contribution in [0.2, 0.25) is 0 Å². The van der Waals surface area contributed by atoms with E-state index in [1.807, 2.05) is 32.9 Å². The first-order valence-corrected chi connectivity index (χ1v) is 8.16. The summed E-state index contributed by atoms with van der Waals surface area (Å²) < 4.78 is 27.0. The van der Waals surface area contributed by atoms with E-state index >= 15 is 0 Å². The minimum Gasteiger partial charge on any atom is -0.397 e.